The van der Waals surface area contributed by atoms with Crippen molar-refractivity contribution in [2.45, 2.75) is 13.5 Å². The van der Waals surface area contributed by atoms with Crippen LogP contribution < -0.4 is 16.6 Å². The molecule has 2 rings (SSSR count). The van der Waals surface area contributed by atoms with Gasteiger partial charge in [0.15, 0.2) is 0 Å². The van der Waals surface area contributed by atoms with Crippen LogP contribution in [0.1, 0.15) is 11.4 Å². The number of hydrazine groups is 1. The standard InChI is InChI=1S/C9H11N7O3/c1-5-7(16(17)18)8(13-9(12-5)14-10)11-4-6-2-3-19-15-6/h2-3H,4,10H2,1H3,(H2,11,12,13,14). The van der Waals surface area contributed by atoms with Crippen LogP contribution in [0, 0.1) is 17.0 Å². The second-order valence-electron chi connectivity index (χ2n) is 3.58. The topological polar surface area (TPSA) is 145 Å². The average Bonchev–Trinajstić information content (AvgIpc) is 2.88. The van der Waals surface area contributed by atoms with Gasteiger partial charge in [-0.15, -0.1) is 0 Å². The average molecular weight is 265 g/mol. The lowest BCUT2D eigenvalue weighted by molar-refractivity contribution is -0.385. The summed E-state index contributed by atoms with van der Waals surface area (Å²) >= 11 is 0. The smallest absolute Gasteiger partial charge is 0.332 e. The van der Waals surface area contributed by atoms with E-state index in [0.29, 0.717) is 5.69 Å². The van der Waals surface area contributed by atoms with Crippen LogP contribution >= 0.6 is 0 Å². The molecule has 0 aromatic carbocycles. The van der Waals surface area contributed by atoms with E-state index < -0.39 is 4.92 Å². The lowest BCUT2D eigenvalue weighted by Gasteiger charge is -2.08. The zero-order chi connectivity index (χ0) is 13.8. The molecule has 0 saturated heterocycles. The number of hydrogen-bond donors (Lipinski definition) is 3. The van der Waals surface area contributed by atoms with E-state index in [0.717, 1.165) is 0 Å². The maximum absolute atomic E-state index is 11.0. The second-order valence-corrected chi connectivity index (χ2v) is 3.58. The number of nitro groups is 1. The first kappa shape index (κ1) is 12.7. The molecule has 0 spiro atoms. The molecule has 0 aliphatic carbocycles. The Hall–Kier alpha value is -2.75. The molecule has 0 aliphatic rings. The molecule has 0 fully saturated rings. The van der Waals surface area contributed by atoms with Crippen LogP contribution in [-0.2, 0) is 6.54 Å². The fourth-order valence-electron chi connectivity index (χ4n) is 1.48. The number of hydrogen-bond acceptors (Lipinski definition) is 9. The number of aromatic nitrogens is 3. The molecule has 10 heteroatoms. The first-order valence-electron chi connectivity index (χ1n) is 5.24. The Labute approximate surface area is 107 Å². The van der Waals surface area contributed by atoms with E-state index in [1.54, 1.807) is 6.07 Å². The van der Waals surface area contributed by atoms with Crippen molar-refractivity contribution in [1.29, 1.82) is 0 Å². The number of nitrogens with one attached hydrogen (secondary N) is 2. The lowest BCUT2D eigenvalue weighted by atomic mass is 10.3. The normalized spacial score (nSPS) is 10.2. The van der Waals surface area contributed by atoms with Crippen LogP contribution in [-0.4, -0.2) is 20.0 Å². The van der Waals surface area contributed by atoms with Crippen LogP contribution in [0.4, 0.5) is 17.5 Å². The van der Waals surface area contributed by atoms with Gasteiger partial charge in [-0.3, -0.25) is 15.5 Å². The van der Waals surface area contributed by atoms with E-state index in [-0.39, 0.29) is 29.7 Å². The van der Waals surface area contributed by atoms with Crippen molar-refractivity contribution in [3.63, 3.8) is 0 Å². The van der Waals surface area contributed by atoms with Gasteiger partial charge in [0, 0.05) is 6.07 Å². The minimum atomic E-state index is -0.555. The van der Waals surface area contributed by atoms with Gasteiger partial charge in [0.2, 0.25) is 11.8 Å². The van der Waals surface area contributed by atoms with E-state index in [2.05, 4.69) is 30.4 Å². The van der Waals surface area contributed by atoms with Crippen molar-refractivity contribution < 1.29 is 9.45 Å². The Bertz CT molecular complexity index is 584. The number of nitrogen functional groups attached to an aromatic ring is 1. The summed E-state index contributed by atoms with van der Waals surface area (Å²) in [5.74, 6) is 5.36. The Morgan fingerprint density at radius 1 is 1.53 bits per heavy atom. The predicted octanol–water partition coefficient (Wildman–Crippen LogP) is 0.579. The highest BCUT2D eigenvalue weighted by Gasteiger charge is 2.21. The minimum Gasteiger partial charge on any atom is -0.364 e. The van der Waals surface area contributed by atoms with E-state index in [1.165, 1.54) is 13.2 Å². The lowest BCUT2D eigenvalue weighted by Crippen LogP contribution is -2.14. The Morgan fingerprint density at radius 2 is 2.32 bits per heavy atom. The third-order valence-corrected chi connectivity index (χ3v) is 2.30. The summed E-state index contributed by atoms with van der Waals surface area (Å²) in [5, 5.41) is 17.5. The largest absolute Gasteiger partial charge is 0.364 e. The van der Waals surface area contributed by atoms with Crippen LogP contribution in [0.5, 0.6) is 0 Å². The zero-order valence-corrected chi connectivity index (χ0v) is 9.95. The molecule has 0 aliphatic heterocycles. The Balaban J connectivity index is 2.30. The molecule has 2 aromatic heterocycles. The van der Waals surface area contributed by atoms with Crippen molar-refractivity contribution in [2.75, 3.05) is 10.7 Å². The first-order chi connectivity index (χ1) is 9.11. The maximum atomic E-state index is 11.0. The minimum absolute atomic E-state index is 0.0634. The molecule has 100 valence electrons. The summed E-state index contributed by atoms with van der Waals surface area (Å²) in [6, 6.07) is 1.63. The van der Waals surface area contributed by atoms with Gasteiger partial charge in [0.1, 0.15) is 17.7 Å². The van der Waals surface area contributed by atoms with E-state index in [4.69, 9.17) is 5.84 Å². The summed E-state index contributed by atoms with van der Waals surface area (Å²) in [7, 11) is 0. The molecule has 2 heterocycles. The molecular formula is C9H11N7O3. The molecule has 0 radical (unpaired) electrons. The van der Waals surface area contributed by atoms with Crippen molar-refractivity contribution in [3.8, 4) is 0 Å². The van der Waals surface area contributed by atoms with Crippen LogP contribution in [0.25, 0.3) is 0 Å². The molecule has 0 amide bonds. The molecule has 0 atom stereocenters. The fourth-order valence-corrected chi connectivity index (χ4v) is 1.48. The highest BCUT2D eigenvalue weighted by molar-refractivity contribution is 5.60. The van der Waals surface area contributed by atoms with E-state index in [9.17, 15) is 10.1 Å². The van der Waals surface area contributed by atoms with Gasteiger partial charge in [-0.25, -0.2) is 10.8 Å². The number of rotatable bonds is 5. The molecule has 2 aromatic rings. The molecule has 19 heavy (non-hydrogen) atoms. The summed E-state index contributed by atoms with van der Waals surface area (Å²) in [5.41, 5.74) is 2.84. The highest BCUT2D eigenvalue weighted by Crippen LogP contribution is 2.26. The Kier molecular flexibility index (Phi) is 3.52. The van der Waals surface area contributed by atoms with Crippen molar-refractivity contribution in [1.82, 2.24) is 15.1 Å². The molecule has 10 nitrogen and oxygen atoms in total. The van der Waals surface area contributed by atoms with Gasteiger partial charge in [-0.2, -0.15) is 4.98 Å². The quantitative estimate of drug-likeness (QED) is 0.401. The van der Waals surface area contributed by atoms with Crippen molar-refractivity contribution >= 4 is 17.5 Å². The van der Waals surface area contributed by atoms with E-state index >= 15 is 0 Å². The van der Waals surface area contributed by atoms with Gasteiger partial charge in [0.25, 0.3) is 0 Å². The highest BCUT2D eigenvalue weighted by atomic mass is 16.6. The van der Waals surface area contributed by atoms with Crippen molar-refractivity contribution in [2.24, 2.45) is 5.84 Å². The van der Waals surface area contributed by atoms with Crippen LogP contribution in [0.2, 0.25) is 0 Å². The van der Waals surface area contributed by atoms with E-state index in [1.807, 2.05) is 0 Å². The number of nitrogens with zero attached hydrogens (tertiary/aromatic N) is 4. The zero-order valence-electron chi connectivity index (χ0n) is 9.95. The number of anilines is 2. The SMILES string of the molecule is Cc1nc(NN)nc(NCc2ccon2)c1[N+](=O)[O-]. The van der Waals surface area contributed by atoms with Crippen LogP contribution in [0.15, 0.2) is 16.9 Å². The third-order valence-electron chi connectivity index (χ3n) is 2.30. The fraction of sp³-hybridized carbons (Fsp3) is 0.222. The van der Waals surface area contributed by atoms with Gasteiger partial charge < -0.3 is 9.84 Å². The van der Waals surface area contributed by atoms with Gasteiger partial charge in [-0.1, -0.05) is 5.16 Å². The number of aryl methyl sites for hydroxylation is 1. The molecule has 0 bridgehead atoms. The Morgan fingerprint density at radius 3 is 2.89 bits per heavy atom. The van der Waals surface area contributed by atoms with Crippen molar-refractivity contribution in [3.05, 3.63) is 33.8 Å². The monoisotopic (exact) mass is 265 g/mol. The summed E-state index contributed by atoms with van der Waals surface area (Å²) in [6.07, 6.45) is 1.41. The second kappa shape index (κ2) is 5.27. The van der Waals surface area contributed by atoms with Gasteiger partial charge in [0.05, 0.1) is 11.5 Å². The summed E-state index contributed by atoms with van der Waals surface area (Å²) < 4.78 is 4.66. The third kappa shape index (κ3) is 2.74. The van der Waals surface area contributed by atoms with Crippen LogP contribution in [0.3, 0.4) is 0 Å². The molecule has 4 N–H and O–H groups in total. The van der Waals surface area contributed by atoms with Gasteiger partial charge in [-0.05, 0) is 6.92 Å². The predicted molar refractivity (Wildman–Crippen MR) is 65.1 cm³/mol. The molecule has 0 unspecified atom stereocenters. The molecule has 0 saturated carbocycles. The van der Waals surface area contributed by atoms with Gasteiger partial charge >= 0.3 is 5.69 Å². The first-order valence-corrected chi connectivity index (χ1v) is 5.24. The summed E-state index contributed by atoms with van der Waals surface area (Å²) in [4.78, 5) is 18.2. The number of nitrogens with two attached hydrogens (primary N) is 1. The summed E-state index contributed by atoms with van der Waals surface area (Å²) in [6.45, 7) is 1.74. The maximum Gasteiger partial charge on any atom is 0.332 e. The molecular weight excluding hydrogens is 254 g/mol.